The van der Waals surface area contributed by atoms with Gasteiger partial charge in [0.05, 0.1) is 30.2 Å². The summed E-state index contributed by atoms with van der Waals surface area (Å²) < 4.78 is 50.6. The number of methoxy groups -OCH3 is 1. The highest BCUT2D eigenvalue weighted by molar-refractivity contribution is 7.92. The Labute approximate surface area is 128 Å². The fraction of sp³-hybridized carbons (Fsp3) is 0.500. The van der Waals surface area contributed by atoms with Crippen molar-refractivity contribution in [2.45, 2.75) is 25.4 Å². The predicted octanol–water partition coefficient (Wildman–Crippen LogP) is 2.02. The SMILES string of the molecule is COc1cc(NS(=O)(=O)CC2CCCCO2)c(F)cc1C#N. The van der Waals surface area contributed by atoms with Crippen LogP contribution in [0.4, 0.5) is 10.1 Å². The van der Waals surface area contributed by atoms with E-state index in [-0.39, 0.29) is 28.9 Å². The quantitative estimate of drug-likeness (QED) is 0.893. The number of ether oxygens (including phenoxy) is 2. The summed E-state index contributed by atoms with van der Waals surface area (Å²) in [4.78, 5) is 0. The molecule has 0 aliphatic carbocycles. The molecule has 1 atom stereocenters. The molecule has 1 aromatic carbocycles. The van der Waals surface area contributed by atoms with E-state index < -0.39 is 15.8 Å². The largest absolute Gasteiger partial charge is 0.495 e. The molecule has 1 aliphatic rings. The van der Waals surface area contributed by atoms with E-state index in [4.69, 9.17) is 14.7 Å². The zero-order chi connectivity index (χ0) is 16.2. The number of sulfonamides is 1. The molecule has 8 heteroatoms. The Balaban J connectivity index is 2.16. The van der Waals surface area contributed by atoms with E-state index in [0.717, 1.165) is 25.0 Å². The summed E-state index contributed by atoms with van der Waals surface area (Å²) in [6.45, 7) is 0.541. The third-order valence-electron chi connectivity index (χ3n) is 3.35. The van der Waals surface area contributed by atoms with Gasteiger partial charge in [-0.15, -0.1) is 0 Å². The van der Waals surface area contributed by atoms with Crippen LogP contribution < -0.4 is 9.46 Å². The molecule has 0 saturated carbocycles. The van der Waals surface area contributed by atoms with Gasteiger partial charge in [0.25, 0.3) is 0 Å². The normalized spacial score (nSPS) is 18.5. The van der Waals surface area contributed by atoms with Crippen molar-refractivity contribution in [3.63, 3.8) is 0 Å². The Hall–Kier alpha value is -1.85. The van der Waals surface area contributed by atoms with Gasteiger partial charge in [-0.1, -0.05) is 0 Å². The van der Waals surface area contributed by atoms with Crippen molar-refractivity contribution in [1.29, 1.82) is 5.26 Å². The van der Waals surface area contributed by atoms with E-state index in [1.54, 1.807) is 6.07 Å². The lowest BCUT2D eigenvalue weighted by molar-refractivity contribution is 0.0306. The molecule has 0 amide bonds. The molecule has 1 saturated heterocycles. The maximum atomic E-state index is 13.9. The summed E-state index contributed by atoms with van der Waals surface area (Å²) >= 11 is 0. The summed E-state index contributed by atoms with van der Waals surface area (Å²) in [5.74, 6) is -0.949. The predicted molar refractivity (Wildman–Crippen MR) is 78.7 cm³/mol. The highest BCUT2D eigenvalue weighted by Gasteiger charge is 2.23. The first-order valence-corrected chi connectivity index (χ1v) is 8.50. The number of hydrogen-bond acceptors (Lipinski definition) is 5. The van der Waals surface area contributed by atoms with Crippen molar-refractivity contribution < 1.29 is 22.3 Å². The second kappa shape index (κ2) is 6.94. The van der Waals surface area contributed by atoms with Crippen LogP contribution in [0, 0.1) is 17.1 Å². The number of nitriles is 1. The average Bonchev–Trinajstić information content (AvgIpc) is 2.49. The summed E-state index contributed by atoms with van der Waals surface area (Å²) in [5, 5.41) is 8.86. The molecule has 6 nitrogen and oxygen atoms in total. The second-order valence-electron chi connectivity index (χ2n) is 5.02. The summed E-state index contributed by atoms with van der Waals surface area (Å²) in [5.41, 5.74) is -0.245. The highest BCUT2D eigenvalue weighted by atomic mass is 32.2. The van der Waals surface area contributed by atoms with Crippen LogP contribution in [0.3, 0.4) is 0 Å². The average molecular weight is 328 g/mol. The minimum atomic E-state index is -3.75. The van der Waals surface area contributed by atoms with Crippen LogP contribution in [-0.4, -0.2) is 34.0 Å². The van der Waals surface area contributed by atoms with Crippen molar-refractivity contribution in [1.82, 2.24) is 0 Å². The van der Waals surface area contributed by atoms with E-state index in [2.05, 4.69) is 4.72 Å². The highest BCUT2D eigenvalue weighted by Crippen LogP contribution is 2.27. The molecular formula is C14H17FN2O4S. The molecular weight excluding hydrogens is 311 g/mol. The summed E-state index contributed by atoms with van der Waals surface area (Å²) in [7, 11) is -2.43. The van der Waals surface area contributed by atoms with Crippen LogP contribution in [0.2, 0.25) is 0 Å². The molecule has 1 aromatic rings. The zero-order valence-electron chi connectivity index (χ0n) is 12.1. The van der Waals surface area contributed by atoms with Crippen LogP contribution in [-0.2, 0) is 14.8 Å². The first-order valence-electron chi connectivity index (χ1n) is 6.85. The monoisotopic (exact) mass is 328 g/mol. The van der Waals surface area contributed by atoms with Gasteiger partial charge in [-0.3, -0.25) is 4.72 Å². The summed E-state index contributed by atoms with van der Waals surface area (Å²) in [6.07, 6.45) is 2.12. The molecule has 22 heavy (non-hydrogen) atoms. The van der Waals surface area contributed by atoms with E-state index in [0.29, 0.717) is 13.0 Å². The lowest BCUT2D eigenvalue weighted by Gasteiger charge is -2.22. The number of anilines is 1. The van der Waals surface area contributed by atoms with Crippen molar-refractivity contribution in [3.05, 3.63) is 23.5 Å². The van der Waals surface area contributed by atoms with E-state index in [9.17, 15) is 12.8 Å². The molecule has 1 aliphatic heterocycles. The standard InChI is InChI=1S/C14H17FN2O4S/c1-20-14-7-13(12(15)6-10(14)8-16)17-22(18,19)9-11-4-2-3-5-21-11/h6-7,11,17H,2-5,9H2,1H3. The Kier molecular flexibility index (Phi) is 5.21. The van der Waals surface area contributed by atoms with Crippen LogP contribution in [0.1, 0.15) is 24.8 Å². The molecule has 0 aromatic heterocycles. The molecule has 0 radical (unpaired) electrons. The van der Waals surface area contributed by atoms with Gasteiger partial charge in [-0.25, -0.2) is 12.8 Å². The van der Waals surface area contributed by atoms with Crippen molar-refractivity contribution in [2.24, 2.45) is 0 Å². The van der Waals surface area contributed by atoms with Crippen LogP contribution in [0.5, 0.6) is 5.75 Å². The lowest BCUT2D eigenvalue weighted by atomic mass is 10.1. The molecule has 1 N–H and O–H groups in total. The number of nitrogens with one attached hydrogen (secondary N) is 1. The lowest BCUT2D eigenvalue weighted by Crippen LogP contribution is -2.31. The van der Waals surface area contributed by atoms with Gasteiger partial charge >= 0.3 is 0 Å². The molecule has 120 valence electrons. The third-order valence-corrected chi connectivity index (χ3v) is 4.70. The fourth-order valence-electron chi connectivity index (χ4n) is 2.28. The molecule has 1 unspecified atom stereocenters. The first kappa shape index (κ1) is 16.5. The van der Waals surface area contributed by atoms with E-state index in [1.807, 2.05) is 0 Å². The Bertz CT molecular complexity index is 679. The molecule has 1 fully saturated rings. The Morgan fingerprint density at radius 2 is 2.27 bits per heavy atom. The molecule has 0 bridgehead atoms. The first-order chi connectivity index (χ1) is 10.4. The van der Waals surface area contributed by atoms with Crippen molar-refractivity contribution >= 4 is 15.7 Å². The molecule has 0 spiro atoms. The van der Waals surface area contributed by atoms with Crippen molar-refractivity contribution in [3.8, 4) is 11.8 Å². The summed E-state index contributed by atoms with van der Waals surface area (Å²) in [6, 6.07) is 3.88. The topological polar surface area (TPSA) is 88.4 Å². The fourth-order valence-corrected chi connectivity index (χ4v) is 3.61. The number of benzene rings is 1. The van der Waals surface area contributed by atoms with Crippen LogP contribution in [0.25, 0.3) is 0 Å². The van der Waals surface area contributed by atoms with E-state index in [1.165, 1.54) is 7.11 Å². The zero-order valence-corrected chi connectivity index (χ0v) is 13.0. The molecule has 2 rings (SSSR count). The Morgan fingerprint density at radius 1 is 1.50 bits per heavy atom. The van der Waals surface area contributed by atoms with Gasteiger partial charge in [0.1, 0.15) is 17.6 Å². The minimum absolute atomic E-state index is 0.00133. The number of nitrogens with zero attached hydrogens (tertiary/aromatic N) is 1. The smallest absolute Gasteiger partial charge is 0.235 e. The molecule has 1 heterocycles. The van der Waals surface area contributed by atoms with Gasteiger partial charge in [0.15, 0.2) is 0 Å². The minimum Gasteiger partial charge on any atom is -0.495 e. The van der Waals surface area contributed by atoms with Crippen LogP contribution in [0.15, 0.2) is 12.1 Å². The second-order valence-corrected chi connectivity index (χ2v) is 6.78. The van der Waals surface area contributed by atoms with Gasteiger partial charge < -0.3 is 9.47 Å². The van der Waals surface area contributed by atoms with Crippen molar-refractivity contribution in [2.75, 3.05) is 24.2 Å². The Morgan fingerprint density at radius 3 is 2.86 bits per heavy atom. The number of hydrogen-bond donors (Lipinski definition) is 1. The number of halogens is 1. The van der Waals surface area contributed by atoms with Gasteiger partial charge in [-0.05, 0) is 25.3 Å². The third kappa shape index (κ3) is 4.08. The van der Waals surface area contributed by atoms with Gasteiger partial charge in [0, 0.05) is 12.7 Å². The van der Waals surface area contributed by atoms with E-state index >= 15 is 0 Å². The van der Waals surface area contributed by atoms with Gasteiger partial charge in [-0.2, -0.15) is 5.26 Å². The maximum absolute atomic E-state index is 13.9. The van der Waals surface area contributed by atoms with Crippen LogP contribution >= 0.6 is 0 Å². The number of rotatable bonds is 5. The van der Waals surface area contributed by atoms with Gasteiger partial charge in [0.2, 0.25) is 10.0 Å². The maximum Gasteiger partial charge on any atom is 0.235 e.